The van der Waals surface area contributed by atoms with Gasteiger partial charge in [0.2, 0.25) is 11.8 Å². The maximum absolute atomic E-state index is 12.4. The Morgan fingerprint density at radius 2 is 1.47 bits per heavy atom. The number of hydrogen-bond donors (Lipinski definition) is 0. The average molecular weight is 272 g/mol. The fraction of sp³-hybridized carbons (Fsp3) is 0.818. The molecule has 1 aliphatic rings. The van der Waals surface area contributed by atoms with Gasteiger partial charge in [0.1, 0.15) is 0 Å². The number of hydrogen-bond acceptors (Lipinski definition) is 2. The minimum Gasteiger partial charge on any atom is -0.359 e. The molecule has 0 radical (unpaired) electrons. The van der Waals surface area contributed by atoms with E-state index in [0.29, 0.717) is 0 Å². The van der Waals surface area contributed by atoms with Gasteiger partial charge in [0, 0.05) is 0 Å². The molecule has 1 unspecified atom stereocenters. The SMILES string of the molecule is CC1C(=O)N([Si](C)(C)C)CC(=O)N1[Si](C)(C)C. The zero-order chi connectivity index (χ0) is 13.6. The van der Waals surface area contributed by atoms with Crippen LogP contribution >= 0.6 is 0 Å². The molecule has 4 nitrogen and oxygen atoms in total. The second-order valence-corrected chi connectivity index (χ2v) is 16.4. The van der Waals surface area contributed by atoms with E-state index >= 15 is 0 Å². The number of carbonyl (C=O) groups is 2. The van der Waals surface area contributed by atoms with Crippen molar-refractivity contribution in [1.29, 1.82) is 0 Å². The minimum atomic E-state index is -1.76. The molecule has 6 heteroatoms. The van der Waals surface area contributed by atoms with Crippen molar-refractivity contribution < 1.29 is 9.59 Å². The number of amides is 2. The predicted octanol–water partition coefficient (Wildman–Crippen LogP) is 1.72. The van der Waals surface area contributed by atoms with Gasteiger partial charge in [0.25, 0.3) is 0 Å². The van der Waals surface area contributed by atoms with E-state index < -0.39 is 16.5 Å². The summed E-state index contributed by atoms with van der Waals surface area (Å²) in [4.78, 5) is 24.6. The van der Waals surface area contributed by atoms with E-state index in [0.717, 1.165) is 0 Å². The normalized spacial score (nSPS) is 23.4. The zero-order valence-electron chi connectivity index (χ0n) is 12.0. The van der Waals surface area contributed by atoms with E-state index in [1.54, 1.807) is 0 Å². The average Bonchev–Trinajstić information content (AvgIpc) is 2.07. The zero-order valence-corrected chi connectivity index (χ0v) is 14.0. The summed E-state index contributed by atoms with van der Waals surface area (Å²) < 4.78 is 3.68. The molecule has 1 aliphatic heterocycles. The Hall–Kier alpha value is -0.626. The molecule has 0 aromatic rings. The number of rotatable bonds is 2. The van der Waals surface area contributed by atoms with Crippen molar-refractivity contribution in [2.45, 2.75) is 52.2 Å². The molecular weight excluding hydrogens is 248 g/mol. The lowest BCUT2D eigenvalue weighted by Gasteiger charge is -2.48. The minimum absolute atomic E-state index is 0.124. The second-order valence-electron chi connectivity index (χ2n) is 6.71. The molecule has 98 valence electrons. The summed E-state index contributed by atoms with van der Waals surface area (Å²) >= 11 is 0. The standard InChI is InChI=1S/C11H24N2O2Si2/c1-9-11(15)12(16(2,3)4)8-10(14)13(9)17(5,6)7/h9H,8H2,1-7H3. The Balaban J connectivity index is 3.05. The van der Waals surface area contributed by atoms with Gasteiger partial charge in [-0.1, -0.05) is 39.3 Å². The Morgan fingerprint density at radius 3 is 1.82 bits per heavy atom. The Morgan fingerprint density at radius 1 is 1.00 bits per heavy atom. The first kappa shape index (κ1) is 14.4. The Bertz CT molecular complexity index is 344. The monoisotopic (exact) mass is 272 g/mol. The van der Waals surface area contributed by atoms with E-state index in [2.05, 4.69) is 39.3 Å². The Kier molecular flexibility index (Phi) is 3.60. The predicted molar refractivity (Wildman–Crippen MR) is 74.7 cm³/mol. The van der Waals surface area contributed by atoms with Gasteiger partial charge in [0.05, 0.1) is 12.6 Å². The number of carbonyl (C=O) groups excluding carboxylic acids is 2. The summed E-state index contributed by atoms with van der Waals surface area (Å²) in [5.74, 6) is 0.255. The first-order valence-corrected chi connectivity index (χ1v) is 13.0. The van der Waals surface area contributed by atoms with Gasteiger partial charge in [-0.3, -0.25) is 9.59 Å². The smallest absolute Gasteiger partial charge is 0.236 e. The van der Waals surface area contributed by atoms with Crippen LogP contribution in [-0.2, 0) is 9.59 Å². The van der Waals surface area contributed by atoms with Crippen molar-refractivity contribution >= 4 is 28.3 Å². The van der Waals surface area contributed by atoms with Crippen molar-refractivity contribution in [2.24, 2.45) is 0 Å². The van der Waals surface area contributed by atoms with Gasteiger partial charge in [-0.2, -0.15) is 0 Å². The summed E-state index contributed by atoms with van der Waals surface area (Å²) in [5.41, 5.74) is 0. The lowest BCUT2D eigenvalue weighted by atomic mass is 10.2. The fourth-order valence-electron chi connectivity index (χ4n) is 2.36. The molecule has 0 N–H and O–H groups in total. The molecule has 1 fully saturated rings. The first-order chi connectivity index (χ1) is 7.46. The first-order valence-electron chi connectivity index (χ1n) is 6.10. The summed E-state index contributed by atoms with van der Waals surface area (Å²) in [6.45, 7) is 14.8. The van der Waals surface area contributed by atoms with Crippen LogP contribution in [0.3, 0.4) is 0 Å². The molecule has 1 heterocycles. The van der Waals surface area contributed by atoms with Gasteiger partial charge in [0.15, 0.2) is 16.5 Å². The summed E-state index contributed by atoms with van der Waals surface area (Å²) in [5, 5.41) is 0. The van der Waals surface area contributed by atoms with Crippen LogP contribution in [0.2, 0.25) is 39.3 Å². The van der Waals surface area contributed by atoms with Crippen LogP contribution in [0.25, 0.3) is 0 Å². The fourth-order valence-corrected chi connectivity index (χ4v) is 5.91. The van der Waals surface area contributed by atoms with Crippen molar-refractivity contribution in [3.8, 4) is 0 Å². The van der Waals surface area contributed by atoms with Crippen LogP contribution in [-0.4, -0.2) is 50.0 Å². The third-order valence-electron chi connectivity index (χ3n) is 3.11. The number of nitrogens with zero attached hydrogens (tertiary/aromatic N) is 2. The lowest BCUT2D eigenvalue weighted by molar-refractivity contribution is -0.146. The van der Waals surface area contributed by atoms with E-state index in [1.165, 1.54) is 0 Å². The van der Waals surface area contributed by atoms with Gasteiger partial charge in [-0.05, 0) is 6.92 Å². The van der Waals surface area contributed by atoms with Gasteiger partial charge in [-0.15, -0.1) is 0 Å². The molecule has 0 aromatic carbocycles. The highest BCUT2D eigenvalue weighted by Crippen LogP contribution is 2.23. The van der Waals surface area contributed by atoms with Crippen molar-refractivity contribution in [3.63, 3.8) is 0 Å². The lowest BCUT2D eigenvalue weighted by Crippen LogP contribution is -2.69. The maximum atomic E-state index is 12.4. The van der Waals surface area contributed by atoms with E-state index in [9.17, 15) is 9.59 Å². The second kappa shape index (κ2) is 4.24. The molecule has 1 atom stereocenters. The largest absolute Gasteiger partial charge is 0.359 e. The van der Waals surface area contributed by atoms with E-state index in [-0.39, 0.29) is 24.4 Å². The van der Waals surface area contributed by atoms with Crippen molar-refractivity contribution in [1.82, 2.24) is 9.13 Å². The van der Waals surface area contributed by atoms with Gasteiger partial charge in [-0.25, -0.2) is 0 Å². The highest BCUT2D eigenvalue weighted by molar-refractivity contribution is 6.78. The van der Waals surface area contributed by atoms with E-state index in [4.69, 9.17) is 0 Å². The van der Waals surface area contributed by atoms with Crippen LogP contribution in [0.5, 0.6) is 0 Å². The molecule has 0 bridgehead atoms. The Labute approximate surface area is 106 Å². The molecule has 17 heavy (non-hydrogen) atoms. The molecule has 0 aliphatic carbocycles. The van der Waals surface area contributed by atoms with Gasteiger partial charge >= 0.3 is 0 Å². The molecule has 1 rings (SSSR count). The summed E-state index contributed by atoms with van der Waals surface area (Å²) in [6, 6.07) is -0.283. The molecule has 1 saturated heterocycles. The molecule has 0 saturated carbocycles. The quantitative estimate of drug-likeness (QED) is 0.718. The topological polar surface area (TPSA) is 40.6 Å². The number of piperazine rings is 1. The molecular formula is C11H24N2O2Si2. The highest BCUT2D eigenvalue weighted by Gasteiger charge is 2.45. The van der Waals surface area contributed by atoms with Crippen molar-refractivity contribution in [2.75, 3.05) is 6.54 Å². The maximum Gasteiger partial charge on any atom is 0.236 e. The van der Waals surface area contributed by atoms with Gasteiger partial charge < -0.3 is 9.13 Å². The van der Waals surface area contributed by atoms with Crippen LogP contribution in [0.1, 0.15) is 6.92 Å². The van der Waals surface area contributed by atoms with Crippen LogP contribution in [0, 0.1) is 0 Å². The molecule has 2 amide bonds. The van der Waals surface area contributed by atoms with Crippen molar-refractivity contribution in [3.05, 3.63) is 0 Å². The highest BCUT2D eigenvalue weighted by atomic mass is 28.3. The molecule has 0 aromatic heterocycles. The third kappa shape index (κ3) is 2.79. The van der Waals surface area contributed by atoms with Crippen LogP contribution in [0.15, 0.2) is 0 Å². The van der Waals surface area contributed by atoms with E-state index in [1.807, 2.05) is 16.1 Å². The summed E-state index contributed by atoms with van der Waals surface area (Å²) in [7, 11) is -3.50. The van der Waals surface area contributed by atoms with Crippen LogP contribution in [0.4, 0.5) is 0 Å². The molecule has 0 spiro atoms. The van der Waals surface area contributed by atoms with Crippen LogP contribution < -0.4 is 0 Å². The third-order valence-corrected chi connectivity index (χ3v) is 7.19. The summed E-state index contributed by atoms with van der Waals surface area (Å²) in [6.07, 6.45) is 0.